The second-order valence-electron chi connectivity index (χ2n) is 7.48. The minimum atomic E-state index is -0.213. The first-order chi connectivity index (χ1) is 12.2. The summed E-state index contributed by atoms with van der Waals surface area (Å²) < 4.78 is 13.3. The number of aromatic nitrogens is 1. The van der Waals surface area contributed by atoms with E-state index in [1.54, 1.807) is 6.07 Å². The van der Waals surface area contributed by atoms with Gasteiger partial charge in [-0.1, -0.05) is 19.3 Å². The molecule has 4 nitrogen and oxygen atoms in total. The smallest absolute Gasteiger partial charge is 0.317 e. The third-order valence-corrected chi connectivity index (χ3v) is 5.83. The molecule has 0 spiro atoms. The average molecular weight is 343 g/mol. The maximum atomic E-state index is 13.3. The third kappa shape index (κ3) is 3.51. The number of hydrogen-bond acceptors (Lipinski definition) is 1. The Bertz CT molecular complexity index is 742. The number of halogens is 1. The summed E-state index contributed by atoms with van der Waals surface area (Å²) in [4.78, 5) is 17.6. The summed E-state index contributed by atoms with van der Waals surface area (Å²) in [7, 11) is 0. The summed E-state index contributed by atoms with van der Waals surface area (Å²) in [6.07, 6.45) is 9.92. The van der Waals surface area contributed by atoms with E-state index in [0.29, 0.717) is 12.0 Å². The molecule has 1 saturated heterocycles. The summed E-state index contributed by atoms with van der Waals surface area (Å²) in [6.45, 7) is 1.58. The summed E-state index contributed by atoms with van der Waals surface area (Å²) in [5.74, 6) is 0.216. The van der Waals surface area contributed by atoms with Gasteiger partial charge in [-0.2, -0.15) is 0 Å². The highest BCUT2D eigenvalue weighted by molar-refractivity contribution is 5.83. The molecular weight excluding hydrogens is 317 g/mol. The van der Waals surface area contributed by atoms with Gasteiger partial charge in [0.1, 0.15) is 5.82 Å². The van der Waals surface area contributed by atoms with E-state index in [1.807, 2.05) is 17.2 Å². The van der Waals surface area contributed by atoms with Crippen LogP contribution in [0.2, 0.25) is 0 Å². The van der Waals surface area contributed by atoms with Gasteiger partial charge in [0.25, 0.3) is 0 Å². The van der Waals surface area contributed by atoms with Crippen molar-refractivity contribution in [2.45, 2.75) is 56.9 Å². The number of benzene rings is 1. The molecule has 1 saturated carbocycles. The van der Waals surface area contributed by atoms with Gasteiger partial charge in [0, 0.05) is 36.2 Å². The minimum Gasteiger partial charge on any atom is -0.361 e. The number of likely N-dealkylation sites (tertiary alicyclic amines) is 1. The Labute approximate surface area is 147 Å². The Kier molecular flexibility index (Phi) is 4.64. The number of urea groups is 1. The molecule has 1 aromatic carbocycles. The zero-order chi connectivity index (χ0) is 17.2. The number of amides is 2. The molecule has 134 valence electrons. The number of piperidine rings is 1. The first-order valence-corrected chi connectivity index (χ1v) is 9.52. The summed E-state index contributed by atoms with van der Waals surface area (Å²) in [6, 6.07) is 5.39. The van der Waals surface area contributed by atoms with Gasteiger partial charge in [0.2, 0.25) is 0 Å². The van der Waals surface area contributed by atoms with Crippen LogP contribution in [0.25, 0.3) is 10.9 Å². The molecule has 1 aliphatic heterocycles. The summed E-state index contributed by atoms with van der Waals surface area (Å²) in [5.41, 5.74) is 2.11. The normalized spacial score (nSPS) is 20.1. The Morgan fingerprint density at radius 3 is 2.64 bits per heavy atom. The highest BCUT2D eigenvalue weighted by Crippen LogP contribution is 2.33. The fraction of sp³-hybridized carbons (Fsp3) is 0.550. The maximum absolute atomic E-state index is 13.3. The number of nitrogens with zero attached hydrogens (tertiary/aromatic N) is 1. The van der Waals surface area contributed by atoms with Crippen LogP contribution in [0.3, 0.4) is 0 Å². The number of aromatic amines is 1. The number of nitrogens with one attached hydrogen (secondary N) is 2. The standard InChI is InChI=1S/C20H26FN3O/c21-15-6-7-17-18(13-22-19(17)12-15)14-8-10-24(11-9-14)20(25)23-16-4-2-1-3-5-16/h6-7,12-14,16,22H,1-5,8-11H2,(H,23,25). The molecule has 2 heterocycles. The molecule has 5 heteroatoms. The topological polar surface area (TPSA) is 48.1 Å². The van der Waals surface area contributed by atoms with E-state index in [1.165, 1.54) is 30.9 Å². The van der Waals surface area contributed by atoms with Gasteiger partial charge in [-0.05, 0) is 55.4 Å². The molecule has 2 amide bonds. The van der Waals surface area contributed by atoms with E-state index in [9.17, 15) is 9.18 Å². The van der Waals surface area contributed by atoms with Crippen molar-refractivity contribution in [2.24, 2.45) is 0 Å². The monoisotopic (exact) mass is 343 g/mol. The van der Waals surface area contributed by atoms with Crippen molar-refractivity contribution in [1.82, 2.24) is 15.2 Å². The van der Waals surface area contributed by atoms with E-state index in [4.69, 9.17) is 0 Å². The SMILES string of the molecule is O=C(NC1CCCCC1)N1CCC(c2c[nH]c3cc(F)ccc23)CC1. The van der Waals surface area contributed by atoms with E-state index in [-0.39, 0.29) is 11.8 Å². The number of fused-ring (bicyclic) bond motifs is 1. The Hall–Kier alpha value is -2.04. The minimum absolute atomic E-state index is 0.103. The second-order valence-corrected chi connectivity index (χ2v) is 7.48. The first-order valence-electron chi connectivity index (χ1n) is 9.52. The predicted molar refractivity (Wildman–Crippen MR) is 97.2 cm³/mol. The Morgan fingerprint density at radius 2 is 1.88 bits per heavy atom. The number of H-pyrrole nitrogens is 1. The largest absolute Gasteiger partial charge is 0.361 e. The lowest BCUT2D eigenvalue weighted by Gasteiger charge is -2.34. The van der Waals surface area contributed by atoms with Crippen LogP contribution in [-0.2, 0) is 0 Å². The molecule has 1 aliphatic carbocycles. The van der Waals surface area contributed by atoms with Crippen LogP contribution >= 0.6 is 0 Å². The van der Waals surface area contributed by atoms with Gasteiger partial charge in [-0.25, -0.2) is 9.18 Å². The lowest BCUT2D eigenvalue weighted by Crippen LogP contribution is -2.48. The van der Waals surface area contributed by atoms with Gasteiger partial charge in [0.15, 0.2) is 0 Å². The van der Waals surface area contributed by atoms with Crippen molar-refractivity contribution in [2.75, 3.05) is 13.1 Å². The quantitative estimate of drug-likeness (QED) is 0.827. The average Bonchev–Trinajstić information content (AvgIpc) is 3.05. The molecule has 2 N–H and O–H groups in total. The fourth-order valence-corrected chi connectivity index (χ4v) is 4.37. The molecule has 1 aromatic heterocycles. The lowest BCUT2D eigenvalue weighted by molar-refractivity contribution is 0.174. The molecule has 0 bridgehead atoms. The van der Waals surface area contributed by atoms with Crippen LogP contribution in [0.15, 0.2) is 24.4 Å². The molecule has 0 unspecified atom stereocenters. The van der Waals surface area contributed by atoms with E-state index in [0.717, 1.165) is 49.7 Å². The van der Waals surface area contributed by atoms with Crippen molar-refractivity contribution in [3.63, 3.8) is 0 Å². The predicted octanol–water partition coefficient (Wildman–Crippen LogP) is 4.53. The van der Waals surface area contributed by atoms with Crippen molar-refractivity contribution >= 4 is 16.9 Å². The molecule has 25 heavy (non-hydrogen) atoms. The van der Waals surface area contributed by atoms with Crippen molar-refractivity contribution in [1.29, 1.82) is 0 Å². The van der Waals surface area contributed by atoms with Crippen LogP contribution in [0.1, 0.15) is 56.4 Å². The van der Waals surface area contributed by atoms with Crippen LogP contribution in [-0.4, -0.2) is 35.0 Å². The maximum Gasteiger partial charge on any atom is 0.317 e. The highest BCUT2D eigenvalue weighted by atomic mass is 19.1. The van der Waals surface area contributed by atoms with E-state index in [2.05, 4.69) is 10.3 Å². The Morgan fingerprint density at radius 1 is 1.12 bits per heavy atom. The third-order valence-electron chi connectivity index (χ3n) is 5.83. The number of rotatable bonds is 2. The number of carbonyl (C=O) groups excluding carboxylic acids is 1. The van der Waals surface area contributed by atoms with Crippen LogP contribution in [0.5, 0.6) is 0 Å². The lowest BCUT2D eigenvalue weighted by atomic mass is 9.89. The summed E-state index contributed by atoms with van der Waals surface area (Å²) >= 11 is 0. The molecule has 4 rings (SSSR count). The van der Waals surface area contributed by atoms with E-state index < -0.39 is 0 Å². The molecule has 0 radical (unpaired) electrons. The molecule has 2 aliphatic rings. The van der Waals surface area contributed by atoms with Crippen LogP contribution in [0, 0.1) is 5.82 Å². The number of carbonyl (C=O) groups is 1. The summed E-state index contributed by atoms with van der Waals surface area (Å²) in [5, 5.41) is 4.32. The van der Waals surface area contributed by atoms with Crippen molar-refractivity contribution in [3.05, 3.63) is 35.8 Å². The molecular formula is C20H26FN3O. The molecule has 2 aromatic rings. The fourth-order valence-electron chi connectivity index (χ4n) is 4.37. The van der Waals surface area contributed by atoms with Gasteiger partial charge in [0.05, 0.1) is 0 Å². The van der Waals surface area contributed by atoms with Gasteiger partial charge < -0.3 is 15.2 Å². The van der Waals surface area contributed by atoms with Crippen molar-refractivity contribution in [3.8, 4) is 0 Å². The van der Waals surface area contributed by atoms with Gasteiger partial charge in [-0.3, -0.25) is 0 Å². The van der Waals surface area contributed by atoms with Crippen molar-refractivity contribution < 1.29 is 9.18 Å². The van der Waals surface area contributed by atoms with Gasteiger partial charge >= 0.3 is 6.03 Å². The zero-order valence-electron chi connectivity index (χ0n) is 14.6. The van der Waals surface area contributed by atoms with Crippen LogP contribution < -0.4 is 5.32 Å². The number of hydrogen-bond donors (Lipinski definition) is 2. The Balaban J connectivity index is 1.36. The first kappa shape index (κ1) is 16.4. The molecule has 2 fully saturated rings. The second kappa shape index (κ2) is 7.06. The van der Waals surface area contributed by atoms with Gasteiger partial charge in [-0.15, -0.1) is 0 Å². The zero-order valence-corrected chi connectivity index (χ0v) is 14.6. The highest BCUT2D eigenvalue weighted by Gasteiger charge is 2.27. The molecule has 0 atom stereocenters. The van der Waals surface area contributed by atoms with Crippen LogP contribution in [0.4, 0.5) is 9.18 Å². The van der Waals surface area contributed by atoms with E-state index >= 15 is 0 Å².